The van der Waals surface area contributed by atoms with Gasteiger partial charge >= 0.3 is 11.9 Å². The fourth-order valence-electron chi connectivity index (χ4n) is 4.73. The lowest BCUT2D eigenvalue weighted by atomic mass is 9.70. The molecule has 35 heavy (non-hydrogen) atoms. The number of Topliss-reactive ketones (excluding diaryl/α,β-unsaturated/α-hetero) is 1. The highest BCUT2D eigenvalue weighted by Gasteiger charge is 2.48. The number of benzene rings is 1. The van der Waals surface area contributed by atoms with Gasteiger partial charge in [-0.2, -0.15) is 0 Å². The number of carbonyl (C=O) groups is 3. The number of hydrogen-bond donors (Lipinski definition) is 1. The van der Waals surface area contributed by atoms with Crippen molar-refractivity contribution in [2.45, 2.75) is 33.1 Å². The van der Waals surface area contributed by atoms with Crippen LogP contribution in [-0.4, -0.2) is 38.0 Å². The number of carbonyl (C=O) groups excluding carboxylic acids is 3. The van der Waals surface area contributed by atoms with E-state index in [1.165, 1.54) is 7.11 Å². The number of esters is 2. The summed E-state index contributed by atoms with van der Waals surface area (Å²) in [5, 5.41) is 3.22. The summed E-state index contributed by atoms with van der Waals surface area (Å²) >= 11 is 0. The van der Waals surface area contributed by atoms with Gasteiger partial charge < -0.3 is 23.9 Å². The Hall–Kier alpha value is -3.81. The third kappa shape index (κ3) is 4.87. The number of rotatable bonds is 7. The number of aryl methyl sites for hydroxylation is 1. The summed E-state index contributed by atoms with van der Waals surface area (Å²) in [5.74, 6) is -1.79. The molecule has 1 aromatic heterocycles. The molecule has 1 aliphatic carbocycles. The number of nitrogens with one attached hydrogen (secondary N) is 1. The summed E-state index contributed by atoms with van der Waals surface area (Å²) in [4.78, 5) is 39.4. The highest BCUT2D eigenvalue weighted by molar-refractivity contribution is 6.12. The Bertz CT molecular complexity index is 1190. The quantitative estimate of drug-likeness (QED) is 0.363. The van der Waals surface area contributed by atoms with E-state index in [-0.39, 0.29) is 30.5 Å². The Labute approximate surface area is 203 Å². The molecule has 0 radical (unpaired) electrons. The van der Waals surface area contributed by atoms with Crippen LogP contribution in [0.2, 0.25) is 0 Å². The monoisotopic (exact) mass is 479 g/mol. The normalized spacial score (nSPS) is 21.8. The summed E-state index contributed by atoms with van der Waals surface area (Å²) in [6, 6.07) is 12.7. The molecule has 2 aromatic rings. The number of furan rings is 1. The lowest BCUT2D eigenvalue weighted by Gasteiger charge is -2.37. The molecule has 4 rings (SSSR count). The molecular formula is C27H29NO7. The van der Waals surface area contributed by atoms with Gasteiger partial charge in [-0.05, 0) is 50.5 Å². The average Bonchev–Trinajstić information content (AvgIpc) is 3.27. The van der Waals surface area contributed by atoms with Crippen LogP contribution in [0.4, 0.5) is 0 Å². The van der Waals surface area contributed by atoms with E-state index in [9.17, 15) is 14.4 Å². The summed E-state index contributed by atoms with van der Waals surface area (Å²) in [6.07, 6.45) is 0.460. The van der Waals surface area contributed by atoms with Crippen LogP contribution in [0.15, 0.2) is 69.4 Å². The van der Waals surface area contributed by atoms with Crippen molar-refractivity contribution < 1.29 is 33.0 Å². The molecule has 184 valence electrons. The van der Waals surface area contributed by atoms with Gasteiger partial charge in [0.1, 0.15) is 36.4 Å². The summed E-state index contributed by atoms with van der Waals surface area (Å²) in [7, 11) is 1.27. The van der Waals surface area contributed by atoms with Crippen LogP contribution in [0.3, 0.4) is 0 Å². The zero-order valence-electron chi connectivity index (χ0n) is 20.3. The maximum absolute atomic E-state index is 13.6. The fourth-order valence-corrected chi connectivity index (χ4v) is 4.73. The highest BCUT2D eigenvalue weighted by atomic mass is 16.6. The van der Waals surface area contributed by atoms with Crippen molar-refractivity contribution in [3.8, 4) is 5.75 Å². The summed E-state index contributed by atoms with van der Waals surface area (Å²) in [6.45, 7) is 5.60. The zero-order chi connectivity index (χ0) is 25.1. The molecule has 8 heteroatoms. The van der Waals surface area contributed by atoms with E-state index in [2.05, 4.69) is 5.32 Å². The van der Waals surface area contributed by atoms with Gasteiger partial charge in [0.2, 0.25) is 0 Å². The number of allylic oxidation sites excluding steroid dienone is 3. The molecule has 3 atom stereocenters. The number of ether oxygens (including phenoxy) is 3. The number of methoxy groups -OCH3 is 1. The lowest BCUT2D eigenvalue weighted by Crippen LogP contribution is -2.43. The minimum atomic E-state index is -0.950. The van der Waals surface area contributed by atoms with Crippen molar-refractivity contribution in [2.24, 2.45) is 11.8 Å². The molecule has 2 heterocycles. The van der Waals surface area contributed by atoms with Crippen molar-refractivity contribution in [3.63, 3.8) is 0 Å². The zero-order valence-corrected chi connectivity index (χ0v) is 20.3. The molecule has 0 amide bonds. The van der Waals surface area contributed by atoms with E-state index in [4.69, 9.17) is 18.6 Å². The Morgan fingerprint density at radius 3 is 2.49 bits per heavy atom. The van der Waals surface area contributed by atoms with Crippen molar-refractivity contribution in [3.05, 3.63) is 76.5 Å². The third-order valence-electron chi connectivity index (χ3n) is 6.34. The van der Waals surface area contributed by atoms with Gasteiger partial charge in [0, 0.05) is 17.0 Å². The number of para-hydroxylation sites is 1. The maximum Gasteiger partial charge on any atom is 0.336 e. The molecule has 1 N–H and O–H groups in total. The van der Waals surface area contributed by atoms with Crippen LogP contribution in [0, 0.1) is 18.8 Å². The maximum atomic E-state index is 13.6. The standard InChI is InChI=1S/C27H29NO7/c1-15-14-19-23(25(29)21(15)26(30)32-4)24(20-11-10-16(2)35-20)22(17(3)28-19)27(31)34-13-12-33-18-8-6-5-7-9-18/h5-11,15,21,24,28H,12-14H2,1-4H3/t15-,21-,24+/m0/s1. The molecule has 8 nitrogen and oxygen atoms in total. The number of hydrogen-bond acceptors (Lipinski definition) is 8. The molecule has 1 aliphatic heterocycles. The van der Waals surface area contributed by atoms with Crippen LogP contribution in [0.25, 0.3) is 0 Å². The van der Waals surface area contributed by atoms with Crippen LogP contribution in [0.5, 0.6) is 5.75 Å². The molecule has 1 aromatic carbocycles. The van der Waals surface area contributed by atoms with Crippen LogP contribution >= 0.6 is 0 Å². The van der Waals surface area contributed by atoms with E-state index >= 15 is 0 Å². The predicted octanol–water partition coefficient (Wildman–Crippen LogP) is 3.82. The first kappa shape index (κ1) is 24.3. The largest absolute Gasteiger partial charge is 0.490 e. The first-order valence-corrected chi connectivity index (χ1v) is 11.6. The Kier molecular flexibility index (Phi) is 7.10. The third-order valence-corrected chi connectivity index (χ3v) is 6.34. The minimum Gasteiger partial charge on any atom is -0.490 e. The van der Waals surface area contributed by atoms with Crippen LogP contribution < -0.4 is 10.1 Å². The molecular weight excluding hydrogens is 450 g/mol. The minimum absolute atomic E-state index is 0.0239. The van der Waals surface area contributed by atoms with Gasteiger partial charge in [0.05, 0.1) is 18.6 Å². The van der Waals surface area contributed by atoms with E-state index in [0.29, 0.717) is 40.7 Å². The van der Waals surface area contributed by atoms with Gasteiger partial charge in [0.15, 0.2) is 5.78 Å². The van der Waals surface area contributed by atoms with Crippen LogP contribution in [0.1, 0.15) is 37.7 Å². The van der Waals surface area contributed by atoms with Crippen molar-refractivity contribution in [1.82, 2.24) is 5.32 Å². The predicted molar refractivity (Wildman–Crippen MR) is 126 cm³/mol. The topological polar surface area (TPSA) is 104 Å². The van der Waals surface area contributed by atoms with Crippen molar-refractivity contribution in [2.75, 3.05) is 20.3 Å². The van der Waals surface area contributed by atoms with E-state index in [1.54, 1.807) is 26.0 Å². The molecule has 0 unspecified atom stereocenters. The van der Waals surface area contributed by atoms with Gasteiger partial charge in [-0.1, -0.05) is 25.1 Å². The van der Waals surface area contributed by atoms with Crippen LogP contribution in [-0.2, 0) is 23.9 Å². The number of dihydropyridines is 1. The van der Waals surface area contributed by atoms with Gasteiger partial charge in [-0.25, -0.2) is 4.79 Å². The molecule has 0 fully saturated rings. The molecule has 2 aliphatic rings. The lowest BCUT2D eigenvalue weighted by molar-refractivity contribution is -0.151. The van der Waals surface area contributed by atoms with E-state index in [1.807, 2.05) is 37.3 Å². The Morgan fingerprint density at radius 2 is 1.83 bits per heavy atom. The van der Waals surface area contributed by atoms with Gasteiger partial charge in [0.25, 0.3) is 0 Å². The van der Waals surface area contributed by atoms with Crippen molar-refractivity contribution in [1.29, 1.82) is 0 Å². The summed E-state index contributed by atoms with van der Waals surface area (Å²) in [5.41, 5.74) is 1.87. The second-order valence-corrected chi connectivity index (χ2v) is 8.78. The second-order valence-electron chi connectivity index (χ2n) is 8.78. The van der Waals surface area contributed by atoms with E-state index < -0.39 is 23.8 Å². The molecule has 0 saturated heterocycles. The number of ketones is 1. The Balaban J connectivity index is 1.61. The van der Waals surface area contributed by atoms with Gasteiger partial charge in [-0.3, -0.25) is 9.59 Å². The van der Waals surface area contributed by atoms with Gasteiger partial charge in [-0.15, -0.1) is 0 Å². The first-order valence-electron chi connectivity index (χ1n) is 11.6. The SMILES string of the molecule is COC(=O)[C@@H]1C(=O)C2=C(C[C@@H]1C)NC(C)=C(C(=O)OCCOc1ccccc1)[C@H]2c1ccc(C)o1. The first-order chi connectivity index (χ1) is 16.8. The fraction of sp³-hybridized carbons (Fsp3) is 0.370. The highest BCUT2D eigenvalue weighted by Crippen LogP contribution is 2.45. The smallest absolute Gasteiger partial charge is 0.336 e. The average molecular weight is 480 g/mol. The second kappa shape index (κ2) is 10.2. The van der Waals surface area contributed by atoms with E-state index in [0.717, 1.165) is 0 Å². The molecule has 0 spiro atoms. The molecule has 0 bridgehead atoms. The van der Waals surface area contributed by atoms with Crippen molar-refractivity contribution >= 4 is 17.7 Å². The Morgan fingerprint density at radius 1 is 1.09 bits per heavy atom. The molecule has 0 saturated carbocycles. The summed E-state index contributed by atoms with van der Waals surface area (Å²) < 4.78 is 21.9.